The second kappa shape index (κ2) is 4.62. The van der Waals surface area contributed by atoms with Crippen LogP contribution in [-0.4, -0.2) is 17.3 Å². The molecule has 1 atom stereocenters. The van der Waals surface area contributed by atoms with E-state index in [1.54, 1.807) is 19.1 Å². The molecule has 0 aliphatic heterocycles. The van der Waals surface area contributed by atoms with Gasteiger partial charge in [-0.15, -0.1) is 0 Å². The van der Waals surface area contributed by atoms with Crippen molar-refractivity contribution in [2.24, 2.45) is 5.92 Å². The molecule has 0 amide bonds. The van der Waals surface area contributed by atoms with Gasteiger partial charge in [0.15, 0.2) is 0 Å². The zero-order chi connectivity index (χ0) is 11.5. The average Bonchev–Trinajstić information content (AvgIpc) is 2.17. The van der Waals surface area contributed by atoms with Crippen molar-refractivity contribution >= 4 is 0 Å². The molecule has 1 unspecified atom stereocenters. The standard InChI is InChI=1S/C12H17FO2/c1-9(2)12(3,14)8-15-11-6-4-10(13)5-7-11/h4-7,9,14H,8H2,1-3H3. The number of aliphatic hydroxyl groups is 1. The molecule has 0 heterocycles. The van der Waals surface area contributed by atoms with Gasteiger partial charge in [0.05, 0.1) is 5.60 Å². The number of ether oxygens (including phenoxy) is 1. The first-order valence-corrected chi connectivity index (χ1v) is 5.02. The number of hydrogen-bond donors (Lipinski definition) is 1. The van der Waals surface area contributed by atoms with Crippen LogP contribution in [0.3, 0.4) is 0 Å². The van der Waals surface area contributed by atoms with E-state index in [2.05, 4.69) is 0 Å². The lowest BCUT2D eigenvalue weighted by Crippen LogP contribution is -2.37. The van der Waals surface area contributed by atoms with E-state index in [0.717, 1.165) is 0 Å². The van der Waals surface area contributed by atoms with E-state index < -0.39 is 5.60 Å². The van der Waals surface area contributed by atoms with Crippen LogP contribution in [0.1, 0.15) is 20.8 Å². The second-order valence-corrected chi connectivity index (χ2v) is 4.25. The Labute approximate surface area is 89.7 Å². The van der Waals surface area contributed by atoms with Crippen LogP contribution in [0.15, 0.2) is 24.3 Å². The van der Waals surface area contributed by atoms with Gasteiger partial charge >= 0.3 is 0 Å². The lowest BCUT2D eigenvalue weighted by atomic mass is 9.94. The number of hydrogen-bond acceptors (Lipinski definition) is 2. The Hall–Kier alpha value is -1.09. The maximum atomic E-state index is 12.6. The lowest BCUT2D eigenvalue weighted by molar-refractivity contribution is -0.0266. The van der Waals surface area contributed by atoms with Crippen molar-refractivity contribution in [3.05, 3.63) is 30.1 Å². The van der Waals surface area contributed by atoms with E-state index in [1.165, 1.54) is 12.1 Å². The van der Waals surface area contributed by atoms with Gasteiger partial charge in [-0.05, 0) is 37.1 Å². The van der Waals surface area contributed by atoms with E-state index >= 15 is 0 Å². The van der Waals surface area contributed by atoms with Gasteiger partial charge in [-0.3, -0.25) is 0 Å². The van der Waals surface area contributed by atoms with Gasteiger partial charge in [-0.1, -0.05) is 13.8 Å². The largest absolute Gasteiger partial charge is 0.491 e. The molecule has 0 bridgehead atoms. The molecule has 0 fully saturated rings. The van der Waals surface area contributed by atoms with Gasteiger partial charge in [0, 0.05) is 0 Å². The minimum atomic E-state index is -0.867. The SMILES string of the molecule is CC(C)C(C)(O)COc1ccc(F)cc1. The van der Waals surface area contributed by atoms with Crippen LogP contribution in [0.2, 0.25) is 0 Å². The summed E-state index contributed by atoms with van der Waals surface area (Å²) in [5, 5.41) is 9.91. The highest BCUT2D eigenvalue weighted by atomic mass is 19.1. The molecule has 84 valence electrons. The average molecular weight is 212 g/mol. The van der Waals surface area contributed by atoms with Crippen molar-refractivity contribution < 1.29 is 14.2 Å². The van der Waals surface area contributed by atoms with Gasteiger partial charge < -0.3 is 9.84 Å². The first-order chi connectivity index (χ1) is 6.92. The highest BCUT2D eigenvalue weighted by Crippen LogP contribution is 2.19. The van der Waals surface area contributed by atoms with Crippen molar-refractivity contribution in [2.45, 2.75) is 26.4 Å². The van der Waals surface area contributed by atoms with Crippen LogP contribution in [0.5, 0.6) is 5.75 Å². The molecule has 1 N–H and O–H groups in total. The van der Waals surface area contributed by atoms with Crippen molar-refractivity contribution in [3.63, 3.8) is 0 Å². The molecule has 0 spiro atoms. The highest BCUT2D eigenvalue weighted by molar-refractivity contribution is 5.22. The van der Waals surface area contributed by atoms with Crippen molar-refractivity contribution in [1.82, 2.24) is 0 Å². The van der Waals surface area contributed by atoms with E-state index in [0.29, 0.717) is 5.75 Å². The number of halogens is 1. The fraction of sp³-hybridized carbons (Fsp3) is 0.500. The maximum Gasteiger partial charge on any atom is 0.123 e. The van der Waals surface area contributed by atoms with Crippen LogP contribution in [0.25, 0.3) is 0 Å². The van der Waals surface area contributed by atoms with Gasteiger partial charge in [-0.2, -0.15) is 0 Å². The molecule has 1 aromatic carbocycles. The molecule has 3 heteroatoms. The van der Waals surface area contributed by atoms with E-state index in [1.807, 2.05) is 13.8 Å². The Kier molecular flexibility index (Phi) is 3.69. The molecule has 15 heavy (non-hydrogen) atoms. The molecule has 0 aliphatic carbocycles. The molecule has 0 saturated heterocycles. The molecule has 0 aromatic heterocycles. The Balaban J connectivity index is 2.54. The normalized spacial score (nSPS) is 15.1. The predicted octanol–water partition coefficient (Wildman–Crippen LogP) is 2.61. The van der Waals surface area contributed by atoms with Crippen molar-refractivity contribution in [2.75, 3.05) is 6.61 Å². The lowest BCUT2D eigenvalue weighted by Gasteiger charge is -2.27. The summed E-state index contributed by atoms with van der Waals surface area (Å²) >= 11 is 0. The fourth-order valence-electron chi connectivity index (χ4n) is 0.927. The summed E-state index contributed by atoms with van der Waals surface area (Å²) in [7, 11) is 0. The summed E-state index contributed by atoms with van der Waals surface area (Å²) < 4.78 is 18.0. The third-order valence-electron chi connectivity index (χ3n) is 2.59. The monoisotopic (exact) mass is 212 g/mol. The van der Waals surface area contributed by atoms with Gasteiger partial charge in [0.2, 0.25) is 0 Å². The smallest absolute Gasteiger partial charge is 0.123 e. The Bertz CT molecular complexity index is 304. The molecule has 0 aliphatic rings. The third kappa shape index (κ3) is 3.51. The summed E-state index contributed by atoms with van der Waals surface area (Å²) in [6.07, 6.45) is 0. The Morgan fingerprint density at radius 3 is 2.33 bits per heavy atom. The summed E-state index contributed by atoms with van der Waals surface area (Å²) in [4.78, 5) is 0. The number of benzene rings is 1. The molecule has 0 radical (unpaired) electrons. The van der Waals surface area contributed by atoms with Crippen molar-refractivity contribution in [3.8, 4) is 5.75 Å². The van der Waals surface area contributed by atoms with E-state index in [4.69, 9.17) is 4.74 Å². The minimum Gasteiger partial charge on any atom is -0.491 e. The van der Waals surface area contributed by atoms with E-state index in [-0.39, 0.29) is 18.3 Å². The summed E-state index contributed by atoms with van der Waals surface area (Å²) in [6.45, 7) is 5.78. The quantitative estimate of drug-likeness (QED) is 0.831. The molecule has 2 nitrogen and oxygen atoms in total. The van der Waals surface area contributed by atoms with Crippen LogP contribution in [0.4, 0.5) is 4.39 Å². The van der Waals surface area contributed by atoms with Crippen LogP contribution < -0.4 is 4.74 Å². The van der Waals surface area contributed by atoms with Gasteiger partial charge in [0.25, 0.3) is 0 Å². The van der Waals surface area contributed by atoms with Gasteiger partial charge in [0.1, 0.15) is 18.2 Å². The molecule has 0 saturated carbocycles. The number of rotatable bonds is 4. The Morgan fingerprint density at radius 2 is 1.87 bits per heavy atom. The van der Waals surface area contributed by atoms with Crippen LogP contribution in [-0.2, 0) is 0 Å². The molecular weight excluding hydrogens is 195 g/mol. The minimum absolute atomic E-state index is 0.109. The first-order valence-electron chi connectivity index (χ1n) is 5.02. The zero-order valence-electron chi connectivity index (χ0n) is 9.33. The summed E-state index contributed by atoms with van der Waals surface area (Å²) in [5.41, 5.74) is -0.867. The third-order valence-corrected chi connectivity index (χ3v) is 2.59. The topological polar surface area (TPSA) is 29.5 Å². The van der Waals surface area contributed by atoms with Crippen molar-refractivity contribution in [1.29, 1.82) is 0 Å². The van der Waals surface area contributed by atoms with Gasteiger partial charge in [-0.25, -0.2) is 4.39 Å². The predicted molar refractivity (Wildman–Crippen MR) is 57.4 cm³/mol. The molecular formula is C12H17FO2. The maximum absolute atomic E-state index is 12.6. The van der Waals surface area contributed by atoms with Crippen LogP contribution in [0, 0.1) is 11.7 Å². The van der Waals surface area contributed by atoms with Crippen LogP contribution >= 0.6 is 0 Å². The first kappa shape index (κ1) is 12.0. The highest BCUT2D eigenvalue weighted by Gasteiger charge is 2.25. The molecule has 1 aromatic rings. The zero-order valence-corrected chi connectivity index (χ0v) is 9.33. The summed E-state index contributed by atoms with van der Waals surface area (Å²) in [6, 6.07) is 5.76. The second-order valence-electron chi connectivity index (χ2n) is 4.25. The van der Waals surface area contributed by atoms with E-state index in [9.17, 15) is 9.50 Å². The Morgan fingerprint density at radius 1 is 1.33 bits per heavy atom. The fourth-order valence-corrected chi connectivity index (χ4v) is 0.927. The molecule has 1 rings (SSSR count). The summed E-state index contributed by atoms with van der Waals surface area (Å²) in [5.74, 6) is 0.383.